The van der Waals surface area contributed by atoms with Crippen LogP contribution in [0.1, 0.15) is 66.7 Å². The highest BCUT2D eigenvalue weighted by Crippen LogP contribution is 2.56. The number of carbonyl (C=O) groups excluding carboxylic acids is 2. The largest absolute Gasteiger partial charge is 0.462 e. The summed E-state index contributed by atoms with van der Waals surface area (Å²) in [7, 11) is 0. The number of rotatable bonds is 5. The van der Waals surface area contributed by atoms with Gasteiger partial charge in [0.15, 0.2) is 0 Å². The molecule has 4 rings (SSSR count). The first-order valence-electron chi connectivity index (χ1n) is 11.6. The standard InChI is InChI=1S/C23H37NO4/c1-6-9-24-17(18-10-12(4)22(25)27-18)11-16-19-13(5)23(26)28-21(19)15(8-3)14(7-2)20(16)24/h12-21H,6-11H2,1-5H3/t12-,13?,14?,15+,16+,17?,18?,19?,20?,21?/m0/s1. The molecule has 0 aromatic heterocycles. The molecule has 1 saturated carbocycles. The van der Waals surface area contributed by atoms with Gasteiger partial charge >= 0.3 is 11.9 Å². The van der Waals surface area contributed by atoms with Crippen LogP contribution in [-0.2, 0) is 19.1 Å². The number of hydrogen-bond acceptors (Lipinski definition) is 5. The van der Waals surface area contributed by atoms with Crippen molar-refractivity contribution in [3.8, 4) is 0 Å². The third-order valence-corrected chi connectivity index (χ3v) is 8.36. The Kier molecular flexibility index (Phi) is 5.49. The van der Waals surface area contributed by atoms with Crippen LogP contribution in [0.15, 0.2) is 0 Å². The summed E-state index contributed by atoms with van der Waals surface area (Å²) in [4.78, 5) is 27.3. The lowest BCUT2D eigenvalue weighted by Gasteiger charge is -2.49. The fourth-order valence-electron chi connectivity index (χ4n) is 7.23. The van der Waals surface area contributed by atoms with Crippen LogP contribution in [0.3, 0.4) is 0 Å². The molecule has 3 heterocycles. The Morgan fingerprint density at radius 1 is 0.964 bits per heavy atom. The van der Waals surface area contributed by atoms with Gasteiger partial charge in [0.1, 0.15) is 12.2 Å². The first kappa shape index (κ1) is 20.2. The first-order valence-corrected chi connectivity index (χ1v) is 11.6. The van der Waals surface area contributed by atoms with Crippen LogP contribution in [0.5, 0.6) is 0 Å². The van der Waals surface area contributed by atoms with Crippen LogP contribution in [0.25, 0.3) is 0 Å². The second-order valence-electron chi connectivity index (χ2n) is 9.72. The number of esters is 2. The van der Waals surface area contributed by atoms with Crippen molar-refractivity contribution in [3.63, 3.8) is 0 Å². The van der Waals surface area contributed by atoms with Gasteiger partial charge in [-0.25, -0.2) is 0 Å². The average Bonchev–Trinajstić information content (AvgIpc) is 3.29. The molecule has 10 atom stereocenters. The van der Waals surface area contributed by atoms with Crippen LogP contribution in [0, 0.1) is 35.5 Å². The lowest BCUT2D eigenvalue weighted by Crippen LogP contribution is -2.55. The van der Waals surface area contributed by atoms with Crippen molar-refractivity contribution < 1.29 is 19.1 Å². The fraction of sp³-hybridized carbons (Fsp3) is 0.913. The second kappa shape index (κ2) is 7.62. The lowest BCUT2D eigenvalue weighted by molar-refractivity contribution is -0.148. The Balaban J connectivity index is 1.70. The minimum absolute atomic E-state index is 0.00371. The van der Waals surface area contributed by atoms with Gasteiger partial charge < -0.3 is 9.47 Å². The Bertz CT molecular complexity index is 622. The van der Waals surface area contributed by atoms with E-state index in [4.69, 9.17) is 9.47 Å². The van der Waals surface area contributed by atoms with Gasteiger partial charge in [0.2, 0.25) is 0 Å². The van der Waals surface area contributed by atoms with Crippen LogP contribution < -0.4 is 0 Å². The molecule has 4 fully saturated rings. The number of likely N-dealkylation sites (tertiary alicyclic amines) is 1. The molecule has 0 aromatic rings. The summed E-state index contributed by atoms with van der Waals surface area (Å²) in [5, 5.41) is 0. The Hall–Kier alpha value is -1.10. The quantitative estimate of drug-likeness (QED) is 0.670. The van der Waals surface area contributed by atoms with Crippen LogP contribution in [0.2, 0.25) is 0 Å². The molecule has 28 heavy (non-hydrogen) atoms. The summed E-state index contributed by atoms with van der Waals surface area (Å²) in [6.07, 6.45) is 5.21. The van der Waals surface area contributed by atoms with Crippen molar-refractivity contribution in [2.24, 2.45) is 35.5 Å². The Morgan fingerprint density at radius 3 is 2.25 bits per heavy atom. The van der Waals surface area contributed by atoms with E-state index >= 15 is 0 Å². The van der Waals surface area contributed by atoms with E-state index in [2.05, 4.69) is 32.6 Å². The molecule has 158 valence electrons. The molecule has 7 unspecified atom stereocenters. The minimum Gasteiger partial charge on any atom is -0.462 e. The van der Waals surface area contributed by atoms with Gasteiger partial charge in [-0.05, 0) is 44.1 Å². The third kappa shape index (κ3) is 2.91. The lowest BCUT2D eigenvalue weighted by atomic mass is 9.60. The molecule has 4 aliphatic rings. The highest BCUT2D eigenvalue weighted by Gasteiger charge is 2.62. The molecule has 0 N–H and O–H groups in total. The molecular weight excluding hydrogens is 354 g/mol. The van der Waals surface area contributed by atoms with E-state index in [1.807, 2.05) is 6.92 Å². The number of fused-ring (bicyclic) bond motifs is 3. The molecule has 3 aliphatic heterocycles. The van der Waals surface area contributed by atoms with Crippen molar-refractivity contribution in [2.75, 3.05) is 6.54 Å². The molecule has 0 radical (unpaired) electrons. The molecule has 0 spiro atoms. The molecule has 0 aromatic carbocycles. The molecule has 0 amide bonds. The predicted octanol–water partition coefficient (Wildman–Crippen LogP) is 3.65. The van der Waals surface area contributed by atoms with Gasteiger partial charge in [0.05, 0.1) is 11.8 Å². The minimum atomic E-state index is -0.0413. The molecular formula is C23H37NO4. The second-order valence-corrected chi connectivity index (χ2v) is 9.72. The predicted molar refractivity (Wildman–Crippen MR) is 106 cm³/mol. The molecule has 3 saturated heterocycles. The number of hydrogen-bond donors (Lipinski definition) is 0. The first-order chi connectivity index (χ1) is 13.4. The van der Waals surface area contributed by atoms with E-state index in [1.165, 1.54) is 0 Å². The zero-order valence-corrected chi connectivity index (χ0v) is 18.1. The summed E-state index contributed by atoms with van der Waals surface area (Å²) in [5.41, 5.74) is 0. The van der Waals surface area contributed by atoms with Crippen molar-refractivity contribution in [1.82, 2.24) is 4.90 Å². The molecule has 1 aliphatic carbocycles. The van der Waals surface area contributed by atoms with Crippen molar-refractivity contribution in [3.05, 3.63) is 0 Å². The summed E-state index contributed by atoms with van der Waals surface area (Å²) in [6.45, 7) is 11.9. The third-order valence-electron chi connectivity index (χ3n) is 8.36. The van der Waals surface area contributed by atoms with E-state index in [1.54, 1.807) is 0 Å². The van der Waals surface area contributed by atoms with Crippen molar-refractivity contribution in [2.45, 2.75) is 91.0 Å². The maximum atomic E-state index is 12.5. The van der Waals surface area contributed by atoms with Crippen LogP contribution >= 0.6 is 0 Å². The topological polar surface area (TPSA) is 55.8 Å². The zero-order chi connectivity index (χ0) is 20.2. The highest BCUT2D eigenvalue weighted by atomic mass is 16.6. The highest BCUT2D eigenvalue weighted by molar-refractivity contribution is 5.75. The smallest absolute Gasteiger partial charge is 0.309 e. The van der Waals surface area contributed by atoms with E-state index in [0.717, 1.165) is 38.6 Å². The van der Waals surface area contributed by atoms with Crippen LogP contribution in [-0.4, -0.2) is 47.7 Å². The number of cyclic esters (lactones) is 1. The fourth-order valence-corrected chi connectivity index (χ4v) is 7.23. The van der Waals surface area contributed by atoms with Gasteiger partial charge in [-0.2, -0.15) is 0 Å². The Labute approximate surface area is 169 Å². The SMILES string of the molecule is CCCN1C(C2C[C@H](C)C(=O)O2)C[C@@H]2C3C(C)C(=O)OC3[C@H](CC)C(CC)C21. The average molecular weight is 392 g/mol. The summed E-state index contributed by atoms with van der Waals surface area (Å²) in [5.74, 6) is 1.69. The summed E-state index contributed by atoms with van der Waals surface area (Å²) >= 11 is 0. The summed E-state index contributed by atoms with van der Waals surface area (Å²) in [6, 6.07) is 0.768. The van der Waals surface area contributed by atoms with E-state index < -0.39 is 0 Å². The van der Waals surface area contributed by atoms with Gasteiger partial charge in [-0.1, -0.05) is 41.0 Å². The maximum Gasteiger partial charge on any atom is 0.309 e. The zero-order valence-electron chi connectivity index (χ0n) is 18.1. The Morgan fingerprint density at radius 2 is 1.68 bits per heavy atom. The van der Waals surface area contributed by atoms with Gasteiger partial charge in [-0.15, -0.1) is 0 Å². The monoisotopic (exact) mass is 391 g/mol. The van der Waals surface area contributed by atoms with Crippen molar-refractivity contribution >= 4 is 11.9 Å². The summed E-state index contributed by atoms with van der Waals surface area (Å²) < 4.78 is 11.8. The van der Waals surface area contributed by atoms with Gasteiger partial charge in [-0.3, -0.25) is 14.5 Å². The number of carbonyl (C=O) groups is 2. The van der Waals surface area contributed by atoms with Gasteiger partial charge in [0, 0.05) is 23.9 Å². The molecule has 5 nitrogen and oxygen atoms in total. The van der Waals surface area contributed by atoms with E-state index in [9.17, 15) is 9.59 Å². The number of ether oxygens (including phenoxy) is 2. The van der Waals surface area contributed by atoms with E-state index in [-0.39, 0.29) is 42.0 Å². The van der Waals surface area contributed by atoms with Crippen molar-refractivity contribution in [1.29, 1.82) is 0 Å². The normalized spacial score (nSPS) is 48.3. The van der Waals surface area contributed by atoms with E-state index in [0.29, 0.717) is 29.7 Å². The van der Waals surface area contributed by atoms with Crippen LogP contribution in [0.4, 0.5) is 0 Å². The molecule has 5 heteroatoms. The number of nitrogens with zero attached hydrogens (tertiary/aromatic N) is 1. The maximum absolute atomic E-state index is 12.5. The van der Waals surface area contributed by atoms with Gasteiger partial charge in [0.25, 0.3) is 0 Å². The molecule has 0 bridgehead atoms.